The van der Waals surface area contributed by atoms with Gasteiger partial charge in [-0.1, -0.05) is 19.3 Å². The normalized spacial score (nSPS) is 20.1. The lowest BCUT2D eigenvalue weighted by atomic mass is 9.94. The van der Waals surface area contributed by atoms with Gasteiger partial charge < -0.3 is 10.0 Å². The maximum atomic E-state index is 11.7. The first-order valence-electron chi connectivity index (χ1n) is 9.17. The lowest BCUT2D eigenvalue weighted by Crippen LogP contribution is -2.51. The molecule has 0 aromatic heterocycles. The van der Waals surface area contributed by atoms with Crippen molar-refractivity contribution in [3.63, 3.8) is 0 Å². The molecule has 1 aliphatic carbocycles. The number of hydrogen-bond donors (Lipinski definition) is 2. The first-order chi connectivity index (χ1) is 12.3. The highest BCUT2D eigenvalue weighted by Crippen LogP contribution is 2.28. The fraction of sp³-hybridized carbons (Fsp3) is 0.611. The van der Waals surface area contributed by atoms with Gasteiger partial charge in [-0.15, -0.1) is 0 Å². The number of carbonyl (C=O) groups is 1. The van der Waals surface area contributed by atoms with Gasteiger partial charge in [-0.05, 0) is 31.0 Å². The Morgan fingerprint density at radius 1 is 1.12 bits per heavy atom. The Morgan fingerprint density at radius 2 is 1.77 bits per heavy atom. The average Bonchev–Trinajstić information content (AvgIpc) is 2.61. The van der Waals surface area contributed by atoms with Gasteiger partial charge in [0.2, 0.25) is 10.0 Å². The second-order valence-corrected chi connectivity index (χ2v) is 8.97. The second kappa shape index (κ2) is 7.84. The monoisotopic (exact) mass is 381 g/mol. The van der Waals surface area contributed by atoms with Gasteiger partial charge in [0.05, 0.1) is 17.5 Å². The fourth-order valence-corrected chi connectivity index (χ4v) is 4.59. The molecule has 8 heteroatoms. The van der Waals surface area contributed by atoms with E-state index >= 15 is 0 Å². The van der Waals surface area contributed by atoms with Crippen LogP contribution in [0.2, 0.25) is 0 Å². The van der Waals surface area contributed by atoms with E-state index in [0.717, 1.165) is 32.4 Å². The smallest absolute Gasteiger partial charge is 0.337 e. The third-order valence-corrected chi connectivity index (χ3v) is 5.88. The number of carboxylic acid groups (broad SMARTS) is 1. The molecule has 1 aliphatic heterocycles. The van der Waals surface area contributed by atoms with E-state index in [4.69, 9.17) is 0 Å². The summed E-state index contributed by atoms with van der Waals surface area (Å²) in [4.78, 5) is 16.3. The van der Waals surface area contributed by atoms with Crippen molar-refractivity contribution in [1.82, 2.24) is 4.90 Å². The molecule has 2 aliphatic rings. The second-order valence-electron chi connectivity index (χ2n) is 7.23. The molecule has 7 nitrogen and oxygen atoms in total. The molecule has 1 heterocycles. The number of nitrogens with zero attached hydrogens (tertiary/aromatic N) is 2. The summed E-state index contributed by atoms with van der Waals surface area (Å²) in [6.07, 6.45) is 7.54. The molecule has 1 saturated heterocycles. The quantitative estimate of drug-likeness (QED) is 0.813. The molecular formula is C18H27N3O4S. The number of sulfonamides is 1. The van der Waals surface area contributed by atoms with Crippen molar-refractivity contribution in [3.05, 3.63) is 23.8 Å². The summed E-state index contributed by atoms with van der Waals surface area (Å²) in [6.45, 7) is 3.45. The van der Waals surface area contributed by atoms with Crippen LogP contribution in [0.5, 0.6) is 0 Å². The Kier molecular flexibility index (Phi) is 5.72. The van der Waals surface area contributed by atoms with Crippen LogP contribution in [0, 0.1) is 0 Å². The van der Waals surface area contributed by atoms with Crippen LogP contribution < -0.4 is 9.62 Å². The standard InChI is InChI=1S/C18H27N3O4S/c1-26(24,25)19-14-7-8-17(16(13-14)18(22)23)21-11-9-20(10-12-21)15-5-3-2-4-6-15/h7-8,13,15,19H,2-6,9-12H2,1H3,(H,22,23). The SMILES string of the molecule is CS(=O)(=O)Nc1ccc(N2CCN(C3CCCCC3)CC2)c(C(=O)O)c1. The van der Waals surface area contributed by atoms with Crippen molar-refractivity contribution in [2.75, 3.05) is 42.1 Å². The Morgan fingerprint density at radius 3 is 2.35 bits per heavy atom. The van der Waals surface area contributed by atoms with Crippen molar-refractivity contribution in [3.8, 4) is 0 Å². The van der Waals surface area contributed by atoms with E-state index in [2.05, 4.69) is 14.5 Å². The lowest BCUT2D eigenvalue weighted by molar-refractivity contribution is 0.0697. The van der Waals surface area contributed by atoms with Crippen molar-refractivity contribution < 1.29 is 18.3 Å². The first kappa shape index (κ1) is 19.0. The summed E-state index contributed by atoms with van der Waals surface area (Å²) in [5.74, 6) is -1.05. The molecule has 2 N–H and O–H groups in total. The van der Waals surface area contributed by atoms with Crippen molar-refractivity contribution >= 4 is 27.4 Å². The summed E-state index contributed by atoms with van der Waals surface area (Å²) in [5.41, 5.74) is 1.05. The van der Waals surface area contributed by atoms with Crippen LogP contribution >= 0.6 is 0 Å². The summed E-state index contributed by atoms with van der Waals surface area (Å²) in [6, 6.07) is 5.39. The molecule has 3 rings (SSSR count). The molecule has 0 unspecified atom stereocenters. The van der Waals surface area contributed by atoms with Gasteiger partial charge in [-0.2, -0.15) is 0 Å². The lowest BCUT2D eigenvalue weighted by Gasteiger charge is -2.41. The Hall–Kier alpha value is -1.80. The Balaban J connectivity index is 1.71. The number of piperazine rings is 1. The Bertz CT molecular complexity index is 752. The molecular weight excluding hydrogens is 354 g/mol. The molecule has 1 aromatic carbocycles. The van der Waals surface area contributed by atoms with Crippen LogP contribution in [0.3, 0.4) is 0 Å². The van der Waals surface area contributed by atoms with E-state index < -0.39 is 16.0 Å². The van der Waals surface area contributed by atoms with Gasteiger partial charge in [0.25, 0.3) is 0 Å². The van der Waals surface area contributed by atoms with E-state index in [-0.39, 0.29) is 11.3 Å². The third-order valence-electron chi connectivity index (χ3n) is 5.28. The minimum atomic E-state index is -3.44. The number of aromatic carboxylic acids is 1. The van der Waals surface area contributed by atoms with Gasteiger partial charge in [0.1, 0.15) is 0 Å². The molecule has 0 spiro atoms. The summed E-state index contributed by atoms with van der Waals surface area (Å²) in [7, 11) is -3.44. The van der Waals surface area contributed by atoms with Crippen molar-refractivity contribution in [2.24, 2.45) is 0 Å². The third kappa shape index (κ3) is 4.67. The maximum absolute atomic E-state index is 11.7. The number of nitrogens with one attached hydrogen (secondary N) is 1. The molecule has 0 radical (unpaired) electrons. The van der Waals surface area contributed by atoms with Gasteiger partial charge >= 0.3 is 5.97 Å². The van der Waals surface area contributed by atoms with Crippen molar-refractivity contribution in [2.45, 2.75) is 38.1 Å². The van der Waals surface area contributed by atoms with Crippen LogP contribution in [0.4, 0.5) is 11.4 Å². The Labute approximate surface area is 155 Å². The maximum Gasteiger partial charge on any atom is 0.337 e. The minimum absolute atomic E-state index is 0.129. The topological polar surface area (TPSA) is 90.0 Å². The molecule has 0 atom stereocenters. The molecule has 1 saturated carbocycles. The van der Waals surface area contributed by atoms with E-state index in [1.165, 1.54) is 38.2 Å². The number of benzene rings is 1. The number of carboxylic acids is 1. The van der Waals surface area contributed by atoms with E-state index in [9.17, 15) is 18.3 Å². The van der Waals surface area contributed by atoms with E-state index in [0.29, 0.717) is 11.7 Å². The van der Waals surface area contributed by atoms with Crippen molar-refractivity contribution in [1.29, 1.82) is 0 Å². The highest BCUT2D eigenvalue weighted by atomic mass is 32.2. The van der Waals surface area contributed by atoms with Crippen LogP contribution in [-0.4, -0.2) is 62.9 Å². The minimum Gasteiger partial charge on any atom is -0.478 e. The summed E-state index contributed by atoms with van der Waals surface area (Å²) in [5, 5.41) is 9.56. The van der Waals surface area contributed by atoms with Crippen LogP contribution in [0.15, 0.2) is 18.2 Å². The molecule has 2 fully saturated rings. The number of anilines is 2. The zero-order chi connectivity index (χ0) is 18.7. The molecule has 26 heavy (non-hydrogen) atoms. The fourth-order valence-electron chi connectivity index (χ4n) is 4.03. The predicted molar refractivity (Wildman–Crippen MR) is 103 cm³/mol. The first-order valence-corrected chi connectivity index (χ1v) is 11.1. The van der Waals surface area contributed by atoms with Gasteiger partial charge in [-0.3, -0.25) is 9.62 Å². The molecule has 144 valence electrons. The molecule has 0 bridgehead atoms. The number of rotatable bonds is 5. The summed E-state index contributed by atoms with van der Waals surface area (Å²) >= 11 is 0. The average molecular weight is 381 g/mol. The van der Waals surface area contributed by atoms with Crippen LogP contribution in [0.1, 0.15) is 42.5 Å². The highest BCUT2D eigenvalue weighted by molar-refractivity contribution is 7.92. The van der Waals surface area contributed by atoms with Gasteiger partial charge in [0, 0.05) is 37.9 Å². The molecule has 1 aromatic rings. The van der Waals surface area contributed by atoms with Crippen LogP contribution in [0.25, 0.3) is 0 Å². The zero-order valence-corrected chi connectivity index (χ0v) is 16.0. The van der Waals surface area contributed by atoms with Gasteiger partial charge in [-0.25, -0.2) is 13.2 Å². The van der Waals surface area contributed by atoms with E-state index in [1.54, 1.807) is 12.1 Å². The molecule has 0 amide bonds. The predicted octanol–water partition coefficient (Wildman–Crippen LogP) is 2.21. The zero-order valence-electron chi connectivity index (χ0n) is 15.1. The number of hydrogen-bond acceptors (Lipinski definition) is 5. The highest BCUT2D eigenvalue weighted by Gasteiger charge is 2.27. The largest absolute Gasteiger partial charge is 0.478 e. The van der Waals surface area contributed by atoms with Crippen LogP contribution in [-0.2, 0) is 10.0 Å². The van der Waals surface area contributed by atoms with E-state index in [1.807, 2.05) is 0 Å². The van der Waals surface area contributed by atoms with Gasteiger partial charge in [0.15, 0.2) is 0 Å². The summed E-state index contributed by atoms with van der Waals surface area (Å²) < 4.78 is 25.1.